The van der Waals surface area contributed by atoms with Crippen molar-refractivity contribution in [3.05, 3.63) is 24.1 Å². The highest BCUT2D eigenvalue weighted by molar-refractivity contribution is 6.30. The van der Waals surface area contributed by atoms with Gasteiger partial charge >= 0.3 is 0 Å². The standard InChI is InChI=1S/C5H3ClO/c1-5(6)3-2-4-7/h3H,1H2. The van der Waals surface area contributed by atoms with Crippen molar-refractivity contribution in [2.24, 2.45) is 0 Å². The van der Waals surface area contributed by atoms with Crippen LogP contribution in [0.5, 0.6) is 0 Å². The van der Waals surface area contributed by atoms with Crippen molar-refractivity contribution in [3.8, 4) is 0 Å². The SMILES string of the molecule is C=C(Cl)[CH][C]=C=O. The first-order chi connectivity index (χ1) is 3.27. The van der Waals surface area contributed by atoms with E-state index >= 15 is 0 Å². The summed E-state index contributed by atoms with van der Waals surface area (Å²) in [5.74, 6) is 1.40. The minimum absolute atomic E-state index is 0.281. The molecule has 0 rings (SSSR count). The van der Waals surface area contributed by atoms with E-state index in [4.69, 9.17) is 11.6 Å². The zero-order chi connectivity index (χ0) is 5.70. The predicted octanol–water partition coefficient (Wildman–Crippen LogP) is 1.13. The van der Waals surface area contributed by atoms with E-state index in [0.29, 0.717) is 0 Å². The maximum atomic E-state index is 9.34. The number of halogens is 1. The van der Waals surface area contributed by atoms with Crippen LogP contribution in [0, 0.1) is 12.5 Å². The van der Waals surface area contributed by atoms with Gasteiger partial charge in [0.25, 0.3) is 0 Å². The molecule has 0 saturated heterocycles. The molecule has 36 valence electrons. The Bertz CT molecular complexity index is 111. The molecule has 0 unspecified atom stereocenters. The lowest BCUT2D eigenvalue weighted by molar-refractivity contribution is 0.568. The molecule has 0 saturated carbocycles. The predicted molar refractivity (Wildman–Crippen MR) is 28.2 cm³/mol. The van der Waals surface area contributed by atoms with E-state index in [1.54, 1.807) is 0 Å². The fourth-order valence-electron chi connectivity index (χ4n) is 0.108. The lowest BCUT2D eigenvalue weighted by Crippen LogP contribution is -1.64. The van der Waals surface area contributed by atoms with Gasteiger partial charge in [0, 0.05) is 11.5 Å². The van der Waals surface area contributed by atoms with E-state index in [9.17, 15) is 4.79 Å². The van der Waals surface area contributed by atoms with Crippen molar-refractivity contribution in [1.29, 1.82) is 0 Å². The topological polar surface area (TPSA) is 17.1 Å². The van der Waals surface area contributed by atoms with Crippen LogP contribution in [0.4, 0.5) is 0 Å². The van der Waals surface area contributed by atoms with Gasteiger partial charge in [-0.3, -0.25) is 0 Å². The molecule has 0 aliphatic heterocycles. The smallest absolute Gasteiger partial charge is 0.129 e. The summed E-state index contributed by atoms with van der Waals surface area (Å²) in [7, 11) is 0. The summed E-state index contributed by atoms with van der Waals surface area (Å²) in [5.41, 5.74) is 0. The summed E-state index contributed by atoms with van der Waals surface area (Å²) < 4.78 is 0. The minimum atomic E-state index is 0.281. The Morgan fingerprint density at radius 3 is 2.57 bits per heavy atom. The third-order valence-corrected chi connectivity index (χ3v) is 0.397. The number of hydrogen-bond acceptors (Lipinski definition) is 1. The highest BCUT2D eigenvalue weighted by Gasteiger charge is 1.80. The first-order valence-electron chi connectivity index (χ1n) is 1.57. The summed E-state index contributed by atoms with van der Waals surface area (Å²) in [6, 6.07) is 0. The lowest BCUT2D eigenvalue weighted by Gasteiger charge is -1.76. The summed E-state index contributed by atoms with van der Waals surface area (Å²) in [6.07, 6.45) is 3.33. The van der Waals surface area contributed by atoms with Crippen molar-refractivity contribution in [1.82, 2.24) is 0 Å². The molecule has 0 aromatic carbocycles. The van der Waals surface area contributed by atoms with Crippen LogP contribution in [-0.2, 0) is 4.79 Å². The van der Waals surface area contributed by atoms with Gasteiger partial charge in [0.15, 0.2) is 0 Å². The maximum Gasteiger partial charge on any atom is 0.129 e. The van der Waals surface area contributed by atoms with E-state index in [1.165, 1.54) is 12.4 Å². The Labute approximate surface area is 47.3 Å². The molecule has 0 aromatic rings. The second-order valence-corrected chi connectivity index (χ2v) is 1.32. The first kappa shape index (κ1) is 6.48. The van der Waals surface area contributed by atoms with E-state index in [-0.39, 0.29) is 5.03 Å². The van der Waals surface area contributed by atoms with E-state index < -0.39 is 0 Å². The second-order valence-electron chi connectivity index (χ2n) is 0.838. The van der Waals surface area contributed by atoms with Crippen molar-refractivity contribution in [3.63, 3.8) is 0 Å². The van der Waals surface area contributed by atoms with E-state index in [0.717, 1.165) is 0 Å². The molecular formula is C5H3ClO. The third kappa shape index (κ3) is 5.48. The summed E-state index contributed by atoms with van der Waals surface area (Å²) in [6.45, 7) is 3.26. The Kier molecular flexibility index (Phi) is 3.39. The summed E-state index contributed by atoms with van der Waals surface area (Å²) in [5, 5.41) is 0.281. The van der Waals surface area contributed by atoms with Crippen LogP contribution in [0.15, 0.2) is 11.6 Å². The molecule has 0 aromatic heterocycles. The van der Waals surface area contributed by atoms with Crippen molar-refractivity contribution in [2.75, 3.05) is 0 Å². The molecule has 0 aliphatic carbocycles. The summed E-state index contributed by atoms with van der Waals surface area (Å²) >= 11 is 5.17. The lowest BCUT2D eigenvalue weighted by atomic mass is 10.4. The van der Waals surface area contributed by atoms with Crippen LogP contribution in [0.25, 0.3) is 0 Å². The van der Waals surface area contributed by atoms with Crippen LogP contribution in [0.3, 0.4) is 0 Å². The average molecular weight is 115 g/mol. The summed E-state index contributed by atoms with van der Waals surface area (Å²) in [4.78, 5) is 9.34. The van der Waals surface area contributed by atoms with Crippen LogP contribution in [0.1, 0.15) is 0 Å². The van der Waals surface area contributed by atoms with Crippen LogP contribution in [-0.4, -0.2) is 5.94 Å². The second kappa shape index (κ2) is 3.66. The van der Waals surface area contributed by atoms with Crippen LogP contribution >= 0.6 is 11.6 Å². The van der Waals surface area contributed by atoms with Gasteiger partial charge in [0.2, 0.25) is 0 Å². The molecule has 0 atom stereocenters. The third-order valence-electron chi connectivity index (χ3n) is 0.288. The number of allylic oxidation sites excluding steroid dienone is 2. The monoisotopic (exact) mass is 114 g/mol. The fourth-order valence-corrected chi connectivity index (χ4v) is 0.162. The molecule has 0 fully saturated rings. The largest absolute Gasteiger partial charge is 0.233 e. The normalized spacial score (nSPS) is 7.00. The van der Waals surface area contributed by atoms with Crippen LogP contribution in [0.2, 0.25) is 0 Å². The van der Waals surface area contributed by atoms with Gasteiger partial charge in [-0.1, -0.05) is 18.2 Å². The van der Waals surface area contributed by atoms with Crippen molar-refractivity contribution >= 4 is 17.5 Å². The fraction of sp³-hybridized carbons (Fsp3) is 0. The van der Waals surface area contributed by atoms with Crippen molar-refractivity contribution < 1.29 is 4.79 Å². The average Bonchev–Trinajstić information content (AvgIpc) is 1.61. The molecule has 0 N–H and O–H groups in total. The molecule has 0 heterocycles. The highest BCUT2D eigenvalue weighted by Crippen LogP contribution is 1.98. The molecule has 7 heavy (non-hydrogen) atoms. The number of rotatable bonds is 2. The maximum absolute atomic E-state index is 9.34. The van der Waals surface area contributed by atoms with Gasteiger partial charge in [-0.25, -0.2) is 4.79 Å². The van der Waals surface area contributed by atoms with Gasteiger partial charge in [0.1, 0.15) is 5.94 Å². The zero-order valence-electron chi connectivity index (χ0n) is 3.57. The molecular weight excluding hydrogens is 112 g/mol. The molecule has 2 radical (unpaired) electrons. The van der Waals surface area contributed by atoms with Crippen molar-refractivity contribution in [2.45, 2.75) is 0 Å². The molecule has 0 amide bonds. The Morgan fingerprint density at radius 1 is 1.86 bits per heavy atom. The van der Waals surface area contributed by atoms with Gasteiger partial charge in [0.05, 0.1) is 6.08 Å². The molecule has 1 nitrogen and oxygen atoms in total. The highest BCUT2D eigenvalue weighted by atomic mass is 35.5. The Balaban J connectivity index is 3.32. The molecule has 0 aliphatic rings. The quantitative estimate of drug-likeness (QED) is 0.492. The molecule has 0 bridgehead atoms. The number of hydrogen-bond donors (Lipinski definition) is 0. The number of carbonyl (C=O) groups excluding carboxylic acids is 1. The van der Waals surface area contributed by atoms with Gasteiger partial charge in [-0.15, -0.1) is 0 Å². The van der Waals surface area contributed by atoms with Crippen LogP contribution < -0.4 is 0 Å². The van der Waals surface area contributed by atoms with Gasteiger partial charge < -0.3 is 0 Å². The first-order valence-corrected chi connectivity index (χ1v) is 1.95. The van der Waals surface area contributed by atoms with Gasteiger partial charge in [-0.2, -0.15) is 0 Å². The minimum Gasteiger partial charge on any atom is -0.233 e. The van der Waals surface area contributed by atoms with E-state index in [1.807, 2.05) is 0 Å². The Hall–Kier alpha value is -0.520. The van der Waals surface area contributed by atoms with E-state index in [2.05, 4.69) is 12.7 Å². The molecule has 2 heteroatoms. The Morgan fingerprint density at radius 2 is 2.43 bits per heavy atom. The zero-order valence-corrected chi connectivity index (χ0v) is 4.33. The van der Waals surface area contributed by atoms with Gasteiger partial charge in [-0.05, 0) is 0 Å². The molecule has 0 spiro atoms.